The van der Waals surface area contributed by atoms with Crippen molar-refractivity contribution in [2.75, 3.05) is 5.32 Å². The summed E-state index contributed by atoms with van der Waals surface area (Å²) in [7, 11) is 0. The first-order valence-corrected chi connectivity index (χ1v) is 8.49. The van der Waals surface area contributed by atoms with E-state index in [9.17, 15) is 0 Å². The van der Waals surface area contributed by atoms with Crippen LogP contribution in [0.2, 0.25) is 0 Å². The number of rotatable bonds is 0. The zero-order valence-corrected chi connectivity index (χ0v) is 13.1. The summed E-state index contributed by atoms with van der Waals surface area (Å²) in [6.45, 7) is 0. The molecule has 1 aliphatic heterocycles. The van der Waals surface area contributed by atoms with Gasteiger partial charge in [-0.1, -0.05) is 42.5 Å². The number of benzene rings is 3. The van der Waals surface area contributed by atoms with Crippen molar-refractivity contribution in [3.63, 3.8) is 0 Å². The zero-order chi connectivity index (χ0) is 15.7. The monoisotopic (exact) mass is 308 g/mol. The van der Waals surface area contributed by atoms with Crippen LogP contribution in [0.15, 0.2) is 60.7 Å². The maximum atomic E-state index is 3.66. The molecule has 2 aliphatic rings. The number of allylic oxidation sites excluding steroid dienone is 1. The average Bonchev–Trinajstić information content (AvgIpc) is 2.98. The fourth-order valence-corrected chi connectivity index (χ4v) is 4.41. The molecule has 2 N–H and O–H groups in total. The van der Waals surface area contributed by atoms with Crippen molar-refractivity contribution in [1.82, 2.24) is 4.98 Å². The van der Waals surface area contributed by atoms with Crippen molar-refractivity contribution >= 4 is 39.3 Å². The highest BCUT2D eigenvalue weighted by molar-refractivity contribution is 6.09. The van der Waals surface area contributed by atoms with Crippen molar-refractivity contribution in [3.8, 4) is 0 Å². The molecule has 6 rings (SSSR count). The molecule has 0 fully saturated rings. The van der Waals surface area contributed by atoms with Crippen LogP contribution < -0.4 is 5.32 Å². The number of fused-ring (bicyclic) bond motifs is 5. The fourth-order valence-electron chi connectivity index (χ4n) is 4.41. The third kappa shape index (κ3) is 1.50. The van der Waals surface area contributed by atoms with E-state index in [1.165, 1.54) is 49.9 Å². The summed E-state index contributed by atoms with van der Waals surface area (Å²) in [6.07, 6.45) is 5.64. The first kappa shape index (κ1) is 12.4. The van der Waals surface area contributed by atoms with Gasteiger partial charge in [0.1, 0.15) is 0 Å². The summed E-state index contributed by atoms with van der Waals surface area (Å²) >= 11 is 0. The lowest BCUT2D eigenvalue weighted by Crippen LogP contribution is -2.15. The maximum absolute atomic E-state index is 3.66. The number of para-hydroxylation sites is 1. The third-order valence-electron chi connectivity index (χ3n) is 5.48. The van der Waals surface area contributed by atoms with Crippen molar-refractivity contribution in [1.29, 1.82) is 0 Å². The molecule has 114 valence electrons. The molecule has 1 unspecified atom stereocenters. The van der Waals surface area contributed by atoms with Crippen LogP contribution in [0.3, 0.4) is 0 Å². The number of aromatic nitrogens is 1. The van der Waals surface area contributed by atoms with Gasteiger partial charge in [0.05, 0.1) is 0 Å². The third-order valence-corrected chi connectivity index (χ3v) is 5.48. The van der Waals surface area contributed by atoms with Gasteiger partial charge in [-0.2, -0.15) is 0 Å². The minimum Gasteiger partial charge on any atom is -0.355 e. The smallest absolute Gasteiger partial charge is 0.0485 e. The second-order valence-electron chi connectivity index (χ2n) is 6.78. The van der Waals surface area contributed by atoms with Gasteiger partial charge >= 0.3 is 0 Å². The Hall–Kier alpha value is -3.00. The van der Waals surface area contributed by atoms with E-state index in [0.717, 1.165) is 6.42 Å². The lowest BCUT2D eigenvalue weighted by molar-refractivity contribution is 0.815. The molecule has 1 aliphatic carbocycles. The molecule has 0 spiro atoms. The predicted molar refractivity (Wildman–Crippen MR) is 101 cm³/mol. The Morgan fingerprint density at radius 2 is 1.79 bits per heavy atom. The molecule has 0 bridgehead atoms. The molecular weight excluding hydrogens is 292 g/mol. The molecule has 4 aromatic rings. The van der Waals surface area contributed by atoms with E-state index in [0.29, 0.717) is 5.92 Å². The van der Waals surface area contributed by atoms with E-state index in [4.69, 9.17) is 0 Å². The Balaban J connectivity index is 1.68. The number of anilines is 2. The van der Waals surface area contributed by atoms with Gasteiger partial charge in [-0.3, -0.25) is 0 Å². The normalized spacial score (nSPS) is 17.6. The number of hydrogen-bond acceptors (Lipinski definition) is 1. The van der Waals surface area contributed by atoms with Gasteiger partial charge in [-0.25, -0.2) is 0 Å². The van der Waals surface area contributed by atoms with Crippen molar-refractivity contribution < 1.29 is 0 Å². The Labute approximate surface area is 139 Å². The number of nitrogens with one attached hydrogen (secondary N) is 2. The van der Waals surface area contributed by atoms with Gasteiger partial charge in [0, 0.05) is 39.1 Å². The summed E-state index contributed by atoms with van der Waals surface area (Å²) in [4.78, 5) is 3.56. The molecule has 0 saturated heterocycles. The highest BCUT2D eigenvalue weighted by atomic mass is 14.9. The van der Waals surface area contributed by atoms with E-state index >= 15 is 0 Å². The standard InChI is InChI=1S/C22H16N2/c1-2-9-18-14(7-1)16-11-17-15-8-3-5-13-6-4-10-19(22(13)15)24-21(17)12-20(16)23-18/h1-7,9-12,15,23-24H,8H2. The maximum Gasteiger partial charge on any atom is 0.0485 e. The van der Waals surface area contributed by atoms with E-state index < -0.39 is 0 Å². The molecule has 1 aromatic heterocycles. The van der Waals surface area contributed by atoms with Crippen molar-refractivity contribution in [2.24, 2.45) is 0 Å². The number of hydrogen-bond donors (Lipinski definition) is 2. The minimum atomic E-state index is 0.454. The van der Waals surface area contributed by atoms with E-state index in [1.807, 2.05) is 0 Å². The molecule has 2 nitrogen and oxygen atoms in total. The summed E-state index contributed by atoms with van der Waals surface area (Å²) in [5.41, 5.74) is 9.11. The Morgan fingerprint density at radius 3 is 2.79 bits per heavy atom. The van der Waals surface area contributed by atoms with Crippen molar-refractivity contribution in [3.05, 3.63) is 77.4 Å². The largest absolute Gasteiger partial charge is 0.355 e. The molecule has 0 saturated carbocycles. The van der Waals surface area contributed by atoms with Gasteiger partial charge in [0.2, 0.25) is 0 Å². The summed E-state index contributed by atoms with van der Waals surface area (Å²) in [5, 5.41) is 6.29. The van der Waals surface area contributed by atoms with Crippen LogP contribution in [0.1, 0.15) is 29.0 Å². The molecule has 0 amide bonds. The van der Waals surface area contributed by atoms with Gasteiger partial charge in [0.15, 0.2) is 0 Å². The molecule has 2 heterocycles. The predicted octanol–water partition coefficient (Wildman–Crippen LogP) is 5.93. The van der Waals surface area contributed by atoms with Crippen LogP contribution in [0.25, 0.3) is 27.9 Å². The minimum absolute atomic E-state index is 0.454. The van der Waals surface area contributed by atoms with Crippen LogP contribution >= 0.6 is 0 Å². The molecule has 3 aromatic carbocycles. The first-order valence-electron chi connectivity index (χ1n) is 8.49. The summed E-state index contributed by atoms with van der Waals surface area (Å²) < 4.78 is 0. The topological polar surface area (TPSA) is 27.8 Å². The molecule has 1 atom stereocenters. The van der Waals surface area contributed by atoms with Crippen LogP contribution in [0.5, 0.6) is 0 Å². The molecule has 24 heavy (non-hydrogen) atoms. The summed E-state index contributed by atoms with van der Waals surface area (Å²) in [6, 6.07) is 19.8. The second-order valence-corrected chi connectivity index (χ2v) is 6.78. The number of H-pyrrole nitrogens is 1. The molecule has 0 radical (unpaired) electrons. The second kappa shape index (κ2) is 4.30. The van der Waals surface area contributed by atoms with Gasteiger partial charge < -0.3 is 10.3 Å². The zero-order valence-electron chi connectivity index (χ0n) is 13.1. The van der Waals surface area contributed by atoms with E-state index in [1.54, 1.807) is 0 Å². The van der Waals surface area contributed by atoms with Crippen LogP contribution in [-0.2, 0) is 0 Å². The van der Waals surface area contributed by atoms with Gasteiger partial charge in [-0.05, 0) is 47.4 Å². The average molecular weight is 308 g/mol. The van der Waals surface area contributed by atoms with Crippen molar-refractivity contribution in [2.45, 2.75) is 12.3 Å². The fraction of sp³-hybridized carbons (Fsp3) is 0.0909. The van der Waals surface area contributed by atoms with Crippen LogP contribution in [0, 0.1) is 0 Å². The van der Waals surface area contributed by atoms with Gasteiger partial charge in [0.25, 0.3) is 0 Å². The van der Waals surface area contributed by atoms with Crippen LogP contribution in [-0.4, -0.2) is 4.98 Å². The Bertz CT molecular complexity index is 1160. The quantitative estimate of drug-likeness (QED) is 0.414. The summed E-state index contributed by atoms with van der Waals surface area (Å²) in [5.74, 6) is 0.454. The van der Waals surface area contributed by atoms with E-state index in [-0.39, 0.29) is 0 Å². The van der Waals surface area contributed by atoms with Crippen LogP contribution in [0.4, 0.5) is 11.4 Å². The lowest BCUT2D eigenvalue weighted by atomic mass is 9.78. The highest BCUT2D eigenvalue weighted by Crippen LogP contribution is 2.48. The number of aromatic amines is 1. The SMILES string of the molecule is C1=Cc2cccc3c2C(C1)c1cc2c(cc1N3)[nH]c1ccccc12. The molecular formula is C22H16N2. The first-order chi connectivity index (χ1) is 11.9. The Morgan fingerprint density at radius 1 is 0.833 bits per heavy atom. The van der Waals surface area contributed by atoms with Gasteiger partial charge in [-0.15, -0.1) is 0 Å². The Kier molecular flexibility index (Phi) is 2.22. The lowest BCUT2D eigenvalue weighted by Gasteiger charge is -2.32. The highest BCUT2D eigenvalue weighted by Gasteiger charge is 2.29. The van der Waals surface area contributed by atoms with E-state index in [2.05, 4.69) is 77.1 Å². The molecule has 2 heteroatoms.